The summed E-state index contributed by atoms with van der Waals surface area (Å²) >= 11 is 0. The van der Waals surface area contributed by atoms with Crippen LogP contribution in [0.3, 0.4) is 0 Å². The molecule has 2 N–H and O–H groups in total. The van der Waals surface area contributed by atoms with E-state index in [4.69, 9.17) is 0 Å². The highest BCUT2D eigenvalue weighted by Gasteiger charge is 2.23. The summed E-state index contributed by atoms with van der Waals surface area (Å²) in [5.74, 6) is -0.215. The lowest BCUT2D eigenvalue weighted by atomic mass is 9.96. The van der Waals surface area contributed by atoms with E-state index in [2.05, 4.69) is 26.6 Å². The zero-order valence-corrected chi connectivity index (χ0v) is 16.5. The molecule has 2 aromatic rings. The van der Waals surface area contributed by atoms with Gasteiger partial charge in [-0.1, -0.05) is 30.3 Å². The number of nitrogens with zero attached hydrogens (tertiary/aromatic N) is 3. The molecule has 1 aromatic heterocycles. The maximum Gasteiger partial charge on any atom is 0.309 e. The van der Waals surface area contributed by atoms with E-state index in [1.54, 1.807) is 18.3 Å². The van der Waals surface area contributed by atoms with Crippen molar-refractivity contribution in [2.45, 2.75) is 25.8 Å². The van der Waals surface area contributed by atoms with Gasteiger partial charge in [0.25, 0.3) is 0 Å². The highest BCUT2D eigenvalue weighted by Crippen LogP contribution is 2.23. The molecular formula is C22H25N5O2. The van der Waals surface area contributed by atoms with Gasteiger partial charge < -0.3 is 15.5 Å². The fraction of sp³-hybridized carbons (Fsp3) is 0.364. The largest absolute Gasteiger partial charge is 0.356 e. The van der Waals surface area contributed by atoms with Crippen LogP contribution in [0.5, 0.6) is 0 Å². The van der Waals surface area contributed by atoms with E-state index in [-0.39, 0.29) is 6.04 Å². The quantitative estimate of drug-likeness (QED) is 0.761. The van der Waals surface area contributed by atoms with Crippen molar-refractivity contribution < 1.29 is 9.59 Å². The zero-order chi connectivity index (χ0) is 20.6. The summed E-state index contributed by atoms with van der Waals surface area (Å²) in [7, 11) is 0. The fourth-order valence-corrected chi connectivity index (χ4v) is 3.49. The maximum atomic E-state index is 12.1. The van der Waals surface area contributed by atoms with Gasteiger partial charge in [0.05, 0.1) is 11.6 Å². The summed E-state index contributed by atoms with van der Waals surface area (Å²) in [6.45, 7) is 3.85. The third kappa shape index (κ3) is 5.32. The number of piperidine rings is 1. The summed E-state index contributed by atoms with van der Waals surface area (Å²) in [6.07, 6.45) is 3.42. The van der Waals surface area contributed by atoms with E-state index >= 15 is 0 Å². The molecule has 0 radical (unpaired) electrons. The average Bonchev–Trinajstić information content (AvgIpc) is 2.78. The van der Waals surface area contributed by atoms with E-state index in [9.17, 15) is 14.9 Å². The van der Waals surface area contributed by atoms with E-state index in [0.717, 1.165) is 31.5 Å². The molecule has 1 fully saturated rings. The molecule has 7 heteroatoms. The van der Waals surface area contributed by atoms with Crippen LogP contribution in [0.15, 0.2) is 48.7 Å². The standard InChI is InChI=1S/C22H25N5O2/c1-16(18-6-3-2-4-7-18)26-22(29)21(28)25-15-17-9-12-27(13-10-17)20-19(14-23)8-5-11-24-20/h2-8,11,16-17H,9-10,12-13,15H2,1H3,(H,25,28)(H,26,29)/t16-/m0/s1. The Balaban J connectivity index is 1.43. The number of amides is 2. The van der Waals surface area contributed by atoms with Crippen molar-refractivity contribution in [1.82, 2.24) is 15.6 Å². The van der Waals surface area contributed by atoms with Crippen molar-refractivity contribution in [2.75, 3.05) is 24.5 Å². The second kappa shape index (κ2) is 9.69. The molecule has 150 valence electrons. The Kier molecular flexibility index (Phi) is 6.80. The second-order valence-electron chi connectivity index (χ2n) is 7.23. The first-order valence-electron chi connectivity index (χ1n) is 9.82. The Morgan fingerprint density at radius 2 is 1.90 bits per heavy atom. The second-order valence-corrected chi connectivity index (χ2v) is 7.23. The molecule has 0 bridgehead atoms. The van der Waals surface area contributed by atoms with Crippen molar-refractivity contribution in [3.05, 3.63) is 59.8 Å². The van der Waals surface area contributed by atoms with Gasteiger partial charge in [-0.15, -0.1) is 0 Å². The summed E-state index contributed by atoms with van der Waals surface area (Å²) < 4.78 is 0. The molecule has 3 rings (SSSR count). The summed E-state index contributed by atoms with van der Waals surface area (Å²) in [4.78, 5) is 30.7. The molecule has 1 saturated heterocycles. The van der Waals surface area contributed by atoms with Crippen molar-refractivity contribution in [3.63, 3.8) is 0 Å². The van der Waals surface area contributed by atoms with Gasteiger partial charge >= 0.3 is 11.8 Å². The first kappa shape index (κ1) is 20.3. The molecule has 0 aliphatic carbocycles. The fourth-order valence-electron chi connectivity index (χ4n) is 3.49. The number of benzene rings is 1. The number of carbonyl (C=O) groups is 2. The molecule has 1 aliphatic rings. The van der Waals surface area contributed by atoms with Crippen LogP contribution in [-0.4, -0.2) is 36.4 Å². The number of nitriles is 1. The smallest absolute Gasteiger partial charge is 0.309 e. The molecule has 0 saturated carbocycles. The van der Waals surface area contributed by atoms with E-state index in [1.807, 2.05) is 37.3 Å². The number of anilines is 1. The highest BCUT2D eigenvalue weighted by atomic mass is 16.2. The van der Waals surface area contributed by atoms with Crippen molar-refractivity contribution in [2.24, 2.45) is 5.92 Å². The van der Waals surface area contributed by atoms with E-state index in [1.165, 1.54) is 0 Å². The molecule has 2 amide bonds. The summed E-state index contributed by atoms with van der Waals surface area (Å²) in [5, 5.41) is 14.7. The predicted octanol–water partition coefficient (Wildman–Crippen LogP) is 2.16. The third-order valence-electron chi connectivity index (χ3n) is 5.23. The molecule has 2 heterocycles. The molecule has 0 unspecified atom stereocenters. The van der Waals surface area contributed by atoms with Crippen LogP contribution in [0.4, 0.5) is 5.82 Å². The van der Waals surface area contributed by atoms with Crippen LogP contribution in [0, 0.1) is 17.2 Å². The number of rotatable bonds is 5. The number of nitrogens with one attached hydrogen (secondary N) is 2. The van der Waals surface area contributed by atoms with Gasteiger partial charge in [0.2, 0.25) is 0 Å². The number of hydrogen-bond acceptors (Lipinski definition) is 5. The third-order valence-corrected chi connectivity index (χ3v) is 5.23. The molecular weight excluding hydrogens is 366 g/mol. The normalized spacial score (nSPS) is 15.2. The lowest BCUT2D eigenvalue weighted by molar-refractivity contribution is -0.139. The minimum absolute atomic E-state index is 0.231. The number of pyridine rings is 1. The minimum Gasteiger partial charge on any atom is -0.356 e. The van der Waals surface area contributed by atoms with Gasteiger partial charge in [-0.2, -0.15) is 5.26 Å². The van der Waals surface area contributed by atoms with Crippen LogP contribution in [0.1, 0.15) is 36.9 Å². The highest BCUT2D eigenvalue weighted by molar-refractivity contribution is 6.35. The summed E-state index contributed by atoms with van der Waals surface area (Å²) in [6, 6.07) is 15.0. The van der Waals surface area contributed by atoms with Crippen molar-refractivity contribution >= 4 is 17.6 Å². The van der Waals surface area contributed by atoms with Gasteiger partial charge in [0.1, 0.15) is 11.9 Å². The van der Waals surface area contributed by atoms with Crippen LogP contribution in [-0.2, 0) is 9.59 Å². The Morgan fingerprint density at radius 3 is 2.59 bits per heavy atom. The predicted molar refractivity (Wildman–Crippen MR) is 110 cm³/mol. The first-order valence-corrected chi connectivity index (χ1v) is 9.82. The van der Waals surface area contributed by atoms with Gasteiger partial charge in [-0.3, -0.25) is 9.59 Å². The molecule has 1 aromatic carbocycles. The Labute approximate surface area is 170 Å². The Morgan fingerprint density at radius 1 is 1.17 bits per heavy atom. The summed E-state index contributed by atoms with van der Waals surface area (Å²) in [5.41, 5.74) is 1.52. The van der Waals surface area contributed by atoms with Crippen LogP contribution in [0.2, 0.25) is 0 Å². The number of hydrogen-bond donors (Lipinski definition) is 2. The molecule has 29 heavy (non-hydrogen) atoms. The first-order chi connectivity index (χ1) is 14.1. The lowest BCUT2D eigenvalue weighted by Gasteiger charge is -2.33. The molecule has 1 atom stereocenters. The Bertz CT molecular complexity index is 886. The minimum atomic E-state index is -0.620. The van der Waals surface area contributed by atoms with Gasteiger partial charge in [0, 0.05) is 25.8 Å². The topological polar surface area (TPSA) is 98.1 Å². The Hall–Kier alpha value is -3.40. The van der Waals surface area contributed by atoms with E-state index < -0.39 is 11.8 Å². The zero-order valence-electron chi connectivity index (χ0n) is 16.5. The van der Waals surface area contributed by atoms with Gasteiger partial charge in [-0.25, -0.2) is 4.98 Å². The maximum absolute atomic E-state index is 12.1. The monoisotopic (exact) mass is 391 g/mol. The van der Waals surface area contributed by atoms with Crippen molar-refractivity contribution in [3.8, 4) is 6.07 Å². The van der Waals surface area contributed by atoms with Crippen LogP contribution < -0.4 is 15.5 Å². The van der Waals surface area contributed by atoms with Crippen molar-refractivity contribution in [1.29, 1.82) is 5.26 Å². The van der Waals surface area contributed by atoms with E-state index in [0.29, 0.717) is 23.8 Å². The number of aromatic nitrogens is 1. The van der Waals surface area contributed by atoms with Crippen LogP contribution >= 0.6 is 0 Å². The number of carbonyl (C=O) groups excluding carboxylic acids is 2. The molecule has 7 nitrogen and oxygen atoms in total. The molecule has 0 spiro atoms. The van der Waals surface area contributed by atoms with Gasteiger partial charge in [0.15, 0.2) is 0 Å². The lowest BCUT2D eigenvalue weighted by Crippen LogP contribution is -2.44. The average molecular weight is 391 g/mol. The van der Waals surface area contributed by atoms with Crippen LogP contribution in [0.25, 0.3) is 0 Å². The molecule has 1 aliphatic heterocycles. The SMILES string of the molecule is C[C@H](NC(=O)C(=O)NCC1CCN(c2ncccc2C#N)CC1)c1ccccc1. The van der Waals surface area contributed by atoms with Gasteiger partial charge in [-0.05, 0) is 43.4 Å².